The predicted molar refractivity (Wildman–Crippen MR) is 121 cm³/mol. The zero-order chi connectivity index (χ0) is 36.1. The Labute approximate surface area is 269 Å². The summed E-state index contributed by atoms with van der Waals surface area (Å²) in [5.41, 5.74) is -15.0. The van der Waals surface area contributed by atoms with E-state index in [-0.39, 0.29) is 22.4 Å². The van der Waals surface area contributed by atoms with Crippen molar-refractivity contribution in [1.29, 1.82) is 0 Å². The molecule has 0 saturated heterocycles. The van der Waals surface area contributed by atoms with E-state index in [9.17, 15) is 79.0 Å². The average Bonchev–Trinajstić information content (AvgIpc) is 3.61. The number of hydrogen-bond acceptors (Lipinski definition) is 3. The summed E-state index contributed by atoms with van der Waals surface area (Å²) < 4.78 is 237. The van der Waals surface area contributed by atoms with E-state index in [1.807, 2.05) is 18.2 Å². The van der Waals surface area contributed by atoms with Crippen LogP contribution in [0.4, 0.5) is 79.0 Å². The Morgan fingerprint density at radius 3 is 0.854 bits per heavy atom. The van der Waals surface area contributed by atoms with Crippen LogP contribution in [-0.2, 0) is 59.4 Å². The van der Waals surface area contributed by atoms with E-state index in [1.54, 1.807) is 0 Å². The van der Waals surface area contributed by atoms with Gasteiger partial charge in [0.1, 0.15) is 17.1 Å². The van der Waals surface area contributed by atoms with Gasteiger partial charge in [0.2, 0.25) is 0 Å². The van der Waals surface area contributed by atoms with Crippen molar-refractivity contribution in [2.45, 2.75) is 44.0 Å². The molecule has 0 amide bonds. The van der Waals surface area contributed by atoms with Gasteiger partial charge in [-0.25, -0.2) is 15.3 Å². The number of aromatic nitrogens is 6. The Balaban J connectivity index is 0.000000885. The van der Waals surface area contributed by atoms with Crippen molar-refractivity contribution in [3.63, 3.8) is 0 Å². The van der Waals surface area contributed by atoms with E-state index in [0.717, 1.165) is 0 Å². The van der Waals surface area contributed by atoms with Gasteiger partial charge in [-0.05, 0) is 25.1 Å². The Kier molecular flexibility index (Phi) is 11.3. The van der Waals surface area contributed by atoms with Gasteiger partial charge in [0.25, 0.3) is 0 Å². The zero-order valence-corrected chi connectivity index (χ0v) is 24.1. The molecule has 4 aromatic rings. The van der Waals surface area contributed by atoms with Crippen LogP contribution < -0.4 is 0 Å². The molecule has 0 radical (unpaired) electrons. The van der Waals surface area contributed by atoms with Gasteiger partial charge in [0, 0.05) is 0 Å². The number of benzene rings is 1. The number of aryl methyl sites for hydroxylation is 1. The molecule has 0 aliphatic heterocycles. The van der Waals surface area contributed by atoms with E-state index in [1.165, 1.54) is 5.56 Å². The summed E-state index contributed by atoms with van der Waals surface area (Å²) in [5, 5.41) is 6.84. The fourth-order valence-electron chi connectivity index (χ4n) is 3.91. The molecule has 0 fully saturated rings. The number of halogens is 18. The molecule has 3 aromatic heterocycles. The molecule has 270 valence electrons. The van der Waals surface area contributed by atoms with Crippen LogP contribution in [-0.4, -0.2) is 36.2 Å². The smallest absolute Gasteiger partial charge is 0.392 e. The number of rotatable bonds is 3. The summed E-state index contributed by atoms with van der Waals surface area (Å²) in [6.45, 7) is 2.08. The minimum absolute atomic E-state index is 0. The molecule has 3 heterocycles. The number of alkyl halides is 18. The number of nitrogens with zero attached hydrogens (tertiary/aromatic N) is 6. The SMILES string of the molecule is Cc1ccccc1.FC(F)(F)c1cc(C(F)(F)F)n([BH-](n2nc(C(F)(F)F)cc2C(F)(F)F)n2nc(C(F)(F)F)cc2C(F)(F)F)n1.[Ag+]. The quantitative estimate of drug-likeness (QED) is 0.156. The first-order valence-corrected chi connectivity index (χ1v) is 11.9. The summed E-state index contributed by atoms with van der Waals surface area (Å²) in [5.74, 6) is 0. The van der Waals surface area contributed by atoms with Crippen molar-refractivity contribution in [1.82, 2.24) is 29.1 Å². The van der Waals surface area contributed by atoms with Crippen molar-refractivity contribution >= 4 is 7.12 Å². The minimum Gasteiger partial charge on any atom is -0.392 e. The maximum atomic E-state index is 13.6. The molecule has 0 atom stereocenters. The second-order valence-corrected chi connectivity index (χ2v) is 9.31. The second-order valence-electron chi connectivity index (χ2n) is 9.31. The molecule has 0 aliphatic carbocycles. The van der Waals surface area contributed by atoms with Gasteiger partial charge in [-0.1, -0.05) is 35.9 Å². The first-order valence-electron chi connectivity index (χ1n) is 11.9. The van der Waals surface area contributed by atoms with Gasteiger partial charge in [-0.15, -0.1) is 0 Å². The summed E-state index contributed by atoms with van der Waals surface area (Å²) in [6.07, 6.45) is -36.1. The van der Waals surface area contributed by atoms with Crippen molar-refractivity contribution < 1.29 is 101 Å². The summed E-state index contributed by atoms with van der Waals surface area (Å²) in [7, 11) is -5.30. The molecule has 0 saturated carbocycles. The molecule has 0 aliphatic rings. The monoisotopic (exact) mass is 820 g/mol. The van der Waals surface area contributed by atoms with Crippen LogP contribution in [0, 0.1) is 6.92 Å². The number of hydrogen-bond donors (Lipinski definition) is 0. The van der Waals surface area contributed by atoms with Gasteiger partial charge in [0.05, 0.1) is 0 Å². The molecule has 0 unspecified atom stereocenters. The Morgan fingerprint density at radius 2 is 0.688 bits per heavy atom. The standard InChI is InChI=1S/C15H4BF18N6.C7H8.Ag/c17-10(18,19)4-1-7(13(26,27)28)38(35-4)16(39-8(14(29,30)31)2-5(36-39)11(20,21)22)40-9(15(32,33)34)3-6(37-40)12(23,24)25;1-7-5-3-2-4-6-7;/h1-3,16H;2-6H,1H3;/q-1;;+1. The van der Waals surface area contributed by atoms with Crippen LogP contribution in [0.1, 0.15) is 39.7 Å². The van der Waals surface area contributed by atoms with Crippen molar-refractivity contribution in [3.8, 4) is 0 Å². The fourth-order valence-corrected chi connectivity index (χ4v) is 3.91. The summed E-state index contributed by atoms with van der Waals surface area (Å²) in [4.78, 5) is 0. The molecule has 6 nitrogen and oxygen atoms in total. The third-order valence-electron chi connectivity index (χ3n) is 5.83. The first kappa shape index (κ1) is 40.6. The van der Waals surface area contributed by atoms with Crippen LogP contribution in [0.5, 0.6) is 0 Å². The fraction of sp³-hybridized carbons (Fsp3) is 0.318. The van der Waals surface area contributed by atoms with Crippen LogP contribution in [0.15, 0.2) is 48.5 Å². The molecule has 1 aromatic carbocycles. The molecule has 4 rings (SSSR count). The van der Waals surface area contributed by atoms with E-state index in [4.69, 9.17) is 0 Å². The largest absolute Gasteiger partial charge is 1.00 e. The van der Waals surface area contributed by atoms with Gasteiger partial charge in [-0.2, -0.15) is 79.0 Å². The first-order chi connectivity index (χ1) is 21.0. The van der Waals surface area contributed by atoms with E-state index in [2.05, 4.69) is 34.4 Å². The third-order valence-corrected chi connectivity index (χ3v) is 5.83. The molecule has 0 spiro atoms. The topological polar surface area (TPSA) is 53.5 Å². The molecule has 26 heteroatoms. The predicted octanol–water partition coefficient (Wildman–Crippen LogP) is 8.04. The molecular formula is C22H12AgBF18N6. The van der Waals surface area contributed by atoms with Gasteiger partial charge >= 0.3 is 66.6 Å². The van der Waals surface area contributed by atoms with E-state index < -0.39 is 110 Å². The van der Waals surface area contributed by atoms with E-state index in [0.29, 0.717) is 0 Å². The van der Waals surface area contributed by atoms with Gasteiger partial charge in [0.15, 0.2) is 17.1 Å². The molecule has 48 heavy (non-hydrogen) atoms. The van der Waals surface area contributed by atoms with Crippen LogP contribution in [0.25, 0.3) is 0 Å². The van der Waals surface area contributed by atoms with Crippen LogP contribution >= 0.6 is 0 Å². The normalized spacial score (nSPS) is 13.3. The Bertz CT molecular complexity index is 1510. The van der Waals surface area contributed by atoms with Crippen molar-refractivity contribution in [3.05, 3.63) is 88.3 Å². The molecule has 0 bridgehead atoms. The Hall–Kier alpha value is -3.60. The van der Waals surface area contributed by atoms with Crippen LogP contribution in [0.2, 0.25) is 0 Å². The Morgan fingerprint density at radius 1 is 0.438 bits per heavy atom. The van der Waals surface area contributed by atoms with Gasteiger partial charge < -0.3 is 13.8 Å². The zero-order valence-electron chi connectivity index (χ0n) is 22.6. The minimum atomic E-state index is -6.13. The maximum Gasteiger partial charge on any atom is 1.00 e. The average molecular weight is 821 g/mol. The second kappa shape index (κ2) is 13.4. The maximum absolute atomic E-state index is 13.6. The van der Waals surface area contributed by atoms with Crippen molar-refractivity contribution in [2.24, 2.45) is 0 Å². The third kappa shape index (κ3) is 9.30. The summed E-state index contributed by atoms with van der Waals surface area (Å²) in [6, 6.07) is 7.44. The summed E-state index contributed by atoms with van der Waals surface area (Å²) >= 11 is 0. The molecule has 0 N–H and O–H groups in total. The molecular weight excluding hydrogens is 809 g/mol. The van der Waals surface area contributed by atoms with Gasteiger partial charge in [-0.3, -0.25) is 0 Å². The van der Waals surface area contributed by atoms with Crippen LogP contribution in [0.3, 0.4) is 0 Å². The van der Waals surface area contributed by atoms with E-state index >= 15 is 0 Å². The van der Waals surface area contributed by atoms with Crippen molar-refractivity contribution in [2.75, 3.05) is 0 Å².